The summed E-state index contributed by atoms with van der Waals surface area (Å²) in [5.41, 5.74) is 7.58. The third-order valence-electron chi connectivity index (χ3n) is 3.76. The van der Waals surface area contributed by atoms with Crippen LogP contribution in [0.25, 0.3) is 0 Å². The fourth-order valence-corrected chi connectivity index (χ4v) is 3.28. The molecule has 3 aromatic carbocycles. The van der Waals surface area contributed by atoms with Crippen molar-refractivity contribution in [1.82, 2.24) is 0 Å². The molecule has 0 aliphatic rings. The second-order valence-corrected chi connectivity index (χ2v) is 6.92. The van der Waals surface area contributed by atoms with E-state index in [1.54, 1.807) is 36.0 Å². The van der Waals surface area contributed by atoms with Gasteiger partial charge in [-0.2, -0.15) is 5.26 Å². The van der Waals surface area contributed by atoms with E-state index in [4.69, 9.17) is 5.73 Å². The number of nitrogens with two attached hydrogens (primary N) is 1. The number of hydrogen-bond acceptors (Lipinski definition) is 5. The molecule has 0 heterocycles. The SMILES string of the molecule is N#C/C(=C/Nc1ccccc1Sc1ccccc1)C(=O)Nc1ccc(N)cc1. The quantitative estimate of drug-likeness (QED) is 0.319. The van der Waals surface area contributed by atoms with Crippen LogP contribution in [0.3, 0.4) is 0 Å². The van der Waals surface area contributed by atoms with Gasteiger partial charge in [-0.05, 0) is 48.5 Å². The molecule has 28 heavy (non-hydrogen) atoms. The van der Waals surface area contributed by atoms with Gasteiger partial charge in [0, 0.05) is 27.4 Å². The van der Waals surface area contributed by atoms with E-state index >= 15 is 0 Å². The molecule has 3 rings (SSSR count). The van der Waals surface area contributed by atoms with Crippen LogP contribution >= 0.6 is 11.8 Å². The fraction of sp³-hybridized carbons (Fsp3) is 0. The van der Waals surface area contributed by atoms with Crippen molar-refractivity contribution in [3.63, 3.8) is 0 Å². The topological polar surface area (TPSA) is 90.9 Å². The molecular formula is C22H18N4OS. The number of carbonyl (C=O) groups excluding carboxylic acids is 1. The number of amides is 1. The molecule has 4 N–H and O–H groups in total. The molecule has 0 bridgehead atoms. The standard InChI is InChI=1S/C22H18N4OS/c23-14-16(22(27)26-18-12-10-17(24)11-13-18)15-25-20-8-4-5-9-21(20)28-19-6-2-1-3-7-19/h1-13,15,25H,24H2,(H,26,27)/b16-15-. The summed E-state index contributed by atoms with van der Waals surface area (Å²) < 4.78 is 0. The van der Waals surface area contributed by atoms with Gasteiger partial charge in [0.15, 0.2) is 0 Å². The predicted octanol–water partition coefficient (Wildman–Crippen LogP) is 4.88. The number of nitrogens with one attached hydrogen (secondary N) is 2. The number of anilines is 3. The van der Waals surface area contributed by atoms with Gasteiger partial charge in [-0.25, -0.2) is 0 Å². The van der Waals surface area contributed by atoms with Crippen LogP contribution in [-0.2, 0) is 4.79 Å². The Morgan fingerprint density at radius 2 is 1.64 bits per heavy atom. The molecule has 5 nitrogen and oxygen atoms in total. The number of nitriles is 1. The van der Waals surface area contributed by atoms with Gasteiger partial charge < -0.3 is 16.4 Å². The van der Waals surface area contributed by atoms with Crippen LogP contribution in [0, 0.1) is 11.3 Å². The molecule has 0 atom stereocenters. The Morgan fingerprint density at radius 3 is 2.36 bits per heavy atom. The van der Waals surface area contributed by atoms with Crippen molar-refractivity contribution in [1.29, 1.82) is 5.26 Å². The smallest absolute Gasteiger partial charge is 0.267 e. The van der Waals surface area contributed by atoms with Gasteiger partial charge in [-0.3, -0.25) is 4.79 Å². The highest BCUT2D eigenvalue weighted by atomic mass is 32.2. The maximum absolute atomic E-state index is 12.3. The number of nitrogens with zero attached hydrogens (tertiary/aromatic N) is 1. The molecule has 0 saturated heterocycles. The lowest BCUT2D eigenvalue weighted by atomic mass is 10.2. The highest BCUT2D eigenvalue weighted by molar-refractivity contribution is 7.99. The first-order valence-corrected chi connectivity index (χ1v) is 9.33. The fourth-order valence-electron chi connectivity index (χ4n) is 2.35. The van der Waals surface area contributed by atoms with Crippen LogP contribution in [0.2, 0.25) is 0 Å². The highest BCUT2D eigenvalue weighted by Crippen LogP contribution is 2.33. The average Bonchev–Trinajstić information content (AvgIpc) is 2.72. The van der Waals surface area contributed by atoms with E-state index in [0.717, 1.165) is 15.5 Å². The highest BCUT2D eigenvalue weighted by Gasteiger charge is 2.10. The van der Waals surface area contributed by atoms with Gasteiger partial charge in [-0.15, -0.1) is 0 Å². The third kappa shape index (κ3) is 5.16. The van der Waals surface area contributed by atoms with Crippen LogP contribution < -0.4 is 16.4 Å². The van der Waals surface area contributed by atoms with E-state index in [1.165, 1.54) is 6.20 Å². The number of hydrogen-bond donors (Lipinski definition) is 3. The first kappa shape index (κ1) is 19.1. The normalized spacial score (nSPS) is 10.8. The predicted molar refractivity (Wildman–Crippen MR) is 114 cm³/mol. The summed E-state index contributed by atoms with van der Waals surface area (Å²) >= 11 is 1.60. The molecule has 0 aliphatic carbocycles. The Hall–Kier alpha value is -3.69. The Labute approximate surface area is 167 Å². The Balaban J connectivity index is 1.73. The number of benzene rings is 3. The zero-order chi connectivity index (χ0) is 19.8. The van der Waals surface area contributed by atoms with Crippen LogP contribution in [0.1, 0.15) is 0 Å². The van der Waals surface area contributed by atoms with Crippen LogP contribution in [-0.4, -0.2) is 5.91 Å². The summed E-state index contributed by atoms with van der Waals surface area (Å²) in [5.74, 6) is -0.493. The minimum Gasteiger partial charge on any atom is -0.399 e. The molecule has 0 aliphatic heterocycles. The van der Waals surface area contributed by atoms with Crippen LogP contribution in [0.4, 0.5) is 17.1 Å². The minimum absolute atomic E-state index is 0.0312. The number of nitrogen functional groups attached to an aromatic ring is 1. The summed E-state index contributed by atoms with van der Waals surface area (Å²) in [5, 5.41) is 15.1. The van der Waals surface area contributed by atoms with E-state index < -0.39 is 5.91 Å². The molecule has 0 unspecified atom stereocenters. The Kier molecular flexibility index (Phi) is 6.34. The van der Waals surface area contributed by atoms with E-state index in [-0.39, 0.29) is 5.57 Å². The lowest BCUT2D eigenvalue weighted by Crippen LogP contribution is -2.14. The summed E-state index contributed by atoms with van der Waals surface area (Å²) in [7, 11) is 0. The molecule has 1 amide bonds. The second kappa shape index (κ2) is 9.31. The second-order valence-electron chi connectivity index (χ2n) is 5.80. The molecule has 0 saturated carbocycles. The molecule has 6 heteroatoms. The first-order valence-electron chi connectivity index (χ1n) is 8.51. The van der Waals surface area contributed by atoms with Crippen molar-refractivity contribution in [3.8, 4) is 6.07 Å². The zero-order valence-corrected chi connectivity index (χ0v) is 15.7. The van der Waals surface area contributed by atoms with E-state index in [9.17, 15) is 10.1 Å². The molecule has 138 valence electrons. The van der Waals surface area contributed by atoms with E-state index in [0.29, 0.717) is 11.4 Å². The minimum atomic E-state index is -0.493. The first-order chi connectivity index (χ1) is 13.7. The lowest BCUT2D eigenvalue weighted by Gasteiger charge is -2.10. The zero-order valence-electron chi connectivity index (χ0n) is 14.9. The van der Waals surface area contributed by atoms with E-state index in [1.807, 2.05) is 60.7 Å². The van der Waals surface area contributed by atoms with Crippen LogP contribution in [0.15, 0.2) is 100 Å². The molecular weight excluding hydrogens is 368 g/mol. The van der Waals surface area contributed by atoms with Crippen molar-refractivity contribution in [2.24, 2.45) is 0 Å². The van der Waals surface area contributed by atoms with E-state index in [2.05, 4.69) is 10.6 Å². The van der Waals surface area contributed by atoms with Gasteiger partial charge in [0.2, 0.25) is 0 Å². The van der Waals surface area contributed by atoms with Crippen molar-refractivity contribution in [2.45, 2.75) is 9.79 Å². The molecule has 0 fully saturated rings. The van der Waals surface area contributed by atoms with Gasteiger partial charge in [-0.1, -0.05) is 42.1 Å². The maximum atomic E-state index is 12.3. The maximum Gasteiger partial charge on any atom is 0.267 e. The summed E-state index contributed by atoms with van der Waals surface area (Å²) in [6.07, 6.45) is 1.41. The van der Waals surface area contributed by atoms with Crippen molar-refractivity contribution in [3.05, 3.63) is 90.6 Å². The Bertz CT molecular complexity index is 1020. The lowest BCUT2D eigenvalue weighted by molar-refractivity contribution is -0.112. The molecule has 0 spiro atoms. The summed E-state index contributed by atoms with van der Waals surface area (Å²) in [4.78, 5) is 14.4. The van der Waals surface area contributed by atoms with Gasteiger partial charge in [0.05, 0.1) is 5.69 Å². The number of carbonyl (C=O) groups is 1. The summed E-state index contributed by atoms with van der Waals surface area (Å²) in [6.45, 7) is 0. The monoisotopic (exact) mass is 386 g/mol. The number of rotatable bonds is 6. The molecule has 3 aromatic rings. The third-order valence-corrected chi connectivity index (χ3v) is 4.85. The van der Waals surface area contributed by atoms with Crippen molar-refractivity contribution >= 4 is 34.7 Å². The number of para-hydroxylation sites is 1. The van der Waals surface area contributed by atoms with Crippen molar-refractivity contribution < 1.29 is 4.79 Å². The molecule has 0 aromatic heterocycles. The Morgan fingerprint density at radius 1 is 0.964 bits per heavy atom. The van der Waals surface area contributed by atoms with Crippen molar-refractivity contribution in [2.75, 3.05) is 16.4 Å². The van der Waals surface area contributed by atoms with Gasteiger partial charge in [0.1, 0.15) is 11.6 Å². The summed E-state index contributed by atoms with van der Waals surface area (Å²) in [6, 6.07) is 26.3. The average molecular weight is 386 g/mol. The molecule has 0 radical (unpaired) electrons. The van der Waals surface area contributed by atoms with Gasteiger partial charge >= 0.3 is 0 Å². The van der Waals surface area contributed by atoms with Crippen LogP contribution in [0.5, 0.6) is 0 Å². The van der Waals surface area contributed by atoms with Gasteiger partial charge in [0.25, 0.3) is 5.91 Å². The largest absolute Gasteiger partial charge is 0.399 e.